The molecule has 1 saturated carbocycles. The minimum Gasteiger partial charge on any atom is -0.478 e. The van der Waals surface area contributed by atoms with Crippen LogP contribution in [-0.4, -0.2) is 30.7 Å². The van der Waals surface area contributed by atoms with E-state index in [4.69, 9.17) is 5.11 Å². The number of nitrogens with zero attached hydrogens (tertiary/aromatic N) is 4. The second-order valence-electron chi connectivity index (χ2n) is 4.23. The van der Waals surface area contributed by atoms with Gasteiger partial charge < -0.3 is 5.11 Å². The lowest BCUT2D eigenvalue weighted by atomic mass is 10.1. The van der Waals surface area contributed by atoms with Gasteiger partial charge in [-0.3, -0.25) is 0 Å². The smallest absolute Gasteiger partial charge is 0.339 e. The van der Waals surface area contributed by atoms with Gasteiger partial charge in [-0.15, -0.1) is 5.10 Å². The van der Waals surface area contributed by atoms with Crippen molar-refractivity contribution in [2.45, 2.75) is 32.1 Å². The largest absolute Gasteiger partial charge is 0.478 e. The van der Waals surface area contributed by atoms with Gasteiger partial charge in [-0.25, -0.2) is 9.78 Å². The summed E-state index contributed by atoms with van der Waals surface area (Å²) in [6.07, 6.45) is 4.14. The number of fused-ring (bicyclic) bond motifs is 1. The second kappa shape index (κ2) is 3.51. The lowest BCUT2D eigenvalue weighted by molar-refractivity contribution is 0.0694. The standard InChI is InChI=1S/C11H12N4O2/c1-2-8-13-11-12-5-7(10(16)17)9(6-3-4-6)15(11)14-8/h5-6H,2-4H2,1H3,(H,16,17). The Morgan fingerprint density at radius 1 is 1.59 bits per heavy atom. The molecule has 0 unspecified atom stereocenters. The Labute approximate surface area is 97.3 Å². The summed E-state index contributed by atoms with van der Waals surface area (Å²) in [6, 6.07) is 0. The summed E-state index contributed by atoms with van der Waals surface area (Å²) >= 11 is 0. The maximum Gasteiger partial charge on any atom is 0.339 e. The zero-order chi connectivity index (χ0) is 12.0. The molecule has 0 spiro atoms. The maximum atomic E-state index is 11.2. The van der Waals surface area contributed by atoms with Gasteiger partial charge in [-0.1, -0.05) is 6.92 Å². The first kappa shape index (κ1) is 10.2. The van der Waals surface area contributed by atoms with Crippen molar-refractivity contribution in [2.75, 3.05) is 0 Å². The molecule has 0 aliphatic heterocycles. The molecule has 3 rings (SSSR count). The van der Waals surface area contributed by atoms with Crippen molar-refractivity contribution in [3.05, 3.63) is 23.3 Å². The average Bonchev–Trinajstić information content (AvgIpc) is 3.05. The molecule has 17 heavy (non-hydrogen) atoms. The molecule has 0 radical (unpaired) electrons. The number of aryl methyl sites for hydroxylation is 1. The van der Waals surface area contributed by atoms with Gasteiger partial charge >= 0.3 is 5.97 Å². The summed E-state index contributed by atoms with van der Waals surface area (Å²) in [5.41, 5.74) is 0.988. The molecule has 0 bridgehead atoms. The quantitative estimate of drug-likeness (QED) is 0.861. The number of hydrogen-bond donors (Lipinski definition) is 1. The van der Waals surface area contributed by atoms with E-state index in [1.165, 1.54) is 6.20 Å². The number of hydrogen-bond acceptors (Lipinski definition) is 4. The van der Waals surface area contributed by atoms with Gasteiger partial charge in [-0.05, 0) is 12.8 Å². The molecule has 1 aliphatic rings. The van der Waals surface area contributed by atoms with Gasteiger partial charge in [0.2, 0.25) is 0 Å². The van der Waals surface area contributed by atoms with E-state index in [2.05, 4.69) is 15.1 Å². The van der Waals surface area contributed by atoms with Crippen LogP contribution in [0.3, 0.4) is 0 Å². The Balaban J connectivity index is 2.29. The van der Waals surface area contributed by atoms with E-state index in [1.807, 2.05) is 6.92 Å². The first-order chi connectivity index (χ1) is 8.20. The molecule has 1 fully saturated rings. The van der Waals surface area contributed by atoms with Gasteiger partial charge in [0, 0.05) is 18.5 Å². The topological polar surface area (TPSA) is 80.4 Å². The van der Waals surface area contributed by atoms with E-state index in [-0.39, 0.29) is 11.5 Å². The number of carboxylic acids is 1. The number of rotatable bonds is 3. The van der Waals surface area contributed by atoms with Crippen LogP contribution in [0, 0.1) is 0 Å². The molecule has 2 aromatic rings. The minimum atomic E-state index is -0.949. The summed E-state index contributed by atoms with van der Waals surface area (Å²) < 4.78 is 1.60. The molecule has 1 N–H and O–H groups in total. The molecule has 6 heteroatoms. The highest BCUT2D eigenvalue weighted by Gasteiger charge is 2.32. The zero-order valence-electron chi connectivity index (χ0n) is 9.42. The van der Waals surface area contributed by atoms with Crippen molar-refractivity contribution < 1.29 is 9.90 Å². The van der Waals surface area contributed by atoms with Crippen LogP contribution in [0.1, 0.15) is 47.6 Å². The van der Waals surface area contributed by atoms with Gasteiger partial charge in [0.25, 0.3) is 5.78 Å². The fraction of sp³-hybridized carbons (Fsp3) is 0.455. The molecule has 0 atom stereocenters. The summed E-state index contributed by atoms with van der Waals surface area (Å²) in [5.74, 6) is 0.531. The van der Waals surface area contributed by atoms with E-state index < -0.39 is 5.97 Å². The normalized spacial score (nSPS) is 15.4. The van der Waals surface area contributed by atoms with Crippen LogP contribution >= 0.6 is 0 Å². The van der Waals surface area contributed by atoms with Crippen molar-refractivity contribution in [3.8, 4) is 0 Å². The highest BCUT2D eigenvalue weighted by Crippen LogP contribution is 2.41. The molecule has 1 aliphatic carbocycles. The zero-order valence-corrected chi connectivity index (χ0v) is 9.42. The van der Waals surface area contributed by atoms with Gasteiger partial charge in [0.1, 0.15) is 0 Å². The van der Waals surface area contributed by atoms with Gasteiger partial charge in [-0.2, -0.15) is 9.50 Å². The van der Waals surface area contributed by atoms with Crippen LogP contribution < -0.4 is 0 Å². The molecule has 0 aromatic carbocycles. The summed E-state index contributed by atoms with van der Waals surface area (Å²) in [6.45, 7) is 1.96. The summed E-state index contributed by atoms with van der Waals surface area (Å²) in [7, 11) is 0. The molecule has 88 valence electrons. The molecule has 6 nitrogen and oxygen atoms in total. The lowest BCUT2D eigenvalue weighted by Gasteiger charge is -2.05. The SMILES string of the molecule is CCc1nc2ncc(C(=O)O)c(C3CC3)n2n1. The van der Waals surface area contributed by atoms with Gasteiger partial charge in [0.15, 0.2) is 5.82 Å². The third kappa shape index (κ3) is 1.56. The number of aromatic nitrogens is 4. The Bertz CT molecular complexity index is 601. The number of carboxylic acid groups (broad SMARTS) is 1. The first-order valence-corrected chi connectivity index (χ1v) is 5.68. The van der Waals surface area contributed by atoms with E-state index in [9.17, 15) is 4.79 Å². The van der Waals surface area contributed by atoms with E-state index in [0.717, 1.165) is 25.0 Å². The average molecular weight is 232 g/mol. The van der Waals surface area contributed by atoms with Crippen molar-refractivity contribution in [1.29, 1.82) is 0 Å². The highest BCUT2D eigenvalue weighted by molar-refractivity contribution is 5.89. The summed E-state index contributed by atoms with van der Waals surface area (Å²) in [5, 5.41) is 13.5. The second-order valence-corrected chi connectivity index (χ2v) is 4.23. The molecule has 2 aromatic heterocycles. The van der Waals surface area contributed by atoms with Crippen molar-refractivity contribution in [2.24, 2.45) is 0 Å². The number of carbonyl (C=O) groups is 1. The maximum absolute atomic E-state index is 11.2. The van der Waals surface area contributed by atoms with Crippen molar-refractivity contribution in [3.63, 3.8) is 0 Å². The van der Waals surface area contributed by atoms with E-state index >= 15 is 0 Å². The Morgan fingerprint density at radius 2 is 2.35 bits per heavy atom. The van der Waals surface area contributed by atoms with Crippen molar-refractivity contribution >= 4 is 11.7 Å². The van der Waals surface area contributed by atoms with Crippen molar-refractivity contribution in [1.82, 2.24) is 19.6 Å². The lowest BCUT2D eigenvalue weighted by Crippen LogP contribution is -2.09. The molecule has 0 amide bonds. The Morgan fingerprint density at radius 3 is 2.94 bits per heavy atom. The van der Waals surface area contributed by atoms with E-state index in [1.54, 1.807) is 4.52 Å². The summed E-state index contributed by atoms with van der Waals surface area (Å²) in [4.78, 5) is 19.5. The monoisotopic (exact) mass is 232 g/mol. The Kier molecular flexibility index (Phi) is 2.10. The van der Waals surface area contributed by atoms with Crippen LogP contribution in [0.4, 0.5) is 0 Å². The van der Waals surface area contributed by atoms with Crippen LogP contribution in [-0.2, 0) is 6.42 Å². The minimum absolute atomic E-state index is 0.243. The molecule has 0 saturated heterocycles. The third-order valence-corrected chi connectivity index (χ3v) is 2.96. The van der Waals surface area contributed by atoms with E-state index in [0.29, 0.717) is 11.6 Å². The molecule has 2 heterocycles. The predicted molar refractivity (Wildman–Crippen MR) is 59.1 cm³/mol. The fourth-order valence-electron chi connectivity index (χ4n) is 1.96. The first-order valence-electron chi connectivity index (χ1n) is 5.68. The fourth-order valence-corrected chi connectivity index (χ4v) is 1.96. The van der Waals surface area contributed by atoms with Crippen LogP contribution in [0.2, 0.25) is 0 Å². The molecular formula is C11H12N4O2. The van der Waals surface area contributed by atoms with Gasteiger partial charge in [0.05, 0.1) is 11.3 Å². The third-order valence-electron chi connectivity index (χ3n) is 2.96. The molecular weight excluding hydrogens is 220 g/mol. The van der Waals surface area contributed by atoms with Crippen LogP contribution in [0.15, 0.2) is 6.20 Å². The van der Waals surface area contributed by atoms with Crippen LogP contribution in [0.25, 0.3) is 5.78 Å². The number of aromatic carboxylic acids is 1. The Hall–Kier alpha value is -1.98. The van der Waals surface area contributed by atoms with Crippen LogP contribution in [0.5, 0.6) is 0 Å². The highest BCUT2D eigenvalue weighted by atomic mass is 16.4. The predicted octanol–water partition coefficient (Wildman–Crippen LogP) is 1.26.